The lowest BCUT2D eigenvalue weighted by Crippen LogP contribution is -2.27. The van der Waals surface area contributed by atoms with Crippen LogP contribution in [0.3, 0.4) is 0 Å². The molecule has 1 N–H and O–H groups in total. The molecule has 0 bridgehead atoms. The van der Waals surface area contributed by atoms with Crippen LogP contribution in [-0.4, -0.2) is 53.3 Å². The molecule has 2 aliphatic rings. The van der Waals surface area contributed by atoms with Gasteiger partial charge in [-0.1, -0.05) is 6.07 Å². The number of aryl methyl sites for hydroxylation is 1. The van der Waals surface area contributed by atoms with Gasteiger partial charge in [0, 0.05) is 48.8 Å². The van der Waals surface area contributed by atoms with Crippen molar-refractivity contribution < 1.29 is 0 Å². The molecule has 2 aliphatic heterocycles. The third-order valence-corrected chi connectivity index (χ3v) is 5.83. The first kappa shape index (κ1) is 14.9. The number of nitrogens with zero attached hydrogens (tertiary/aromatic N) is 4. The van der Waals surface area contributed by atoms with Gasteiger partial charge >= 0.3 is 0 Å². The highest BCUT2D eigenvalue weighted by atomic mass is 15.3. The Morgan fingerprint density at radius 2 is 1.80 bits per heavy atom. The molecular formula is C20H23N5. The number of anilines is 1. The van der Waals surface area contributed by atoms with E-state index in [4.69, 9.17) is 0 Å². The van der Waals surface area contributed by atoms with Crippen LogP contribution in [0.2, 0.25) is 0 Å². The van der Waals surface area contributed by atoms with Gasteiger partial charge in [-0.15, -0.1) is 10.2 Å². The third kappa shape index (κ3) is 2.50. The smallest absolute Gasteiger partial charge is 0.151 e. The molecule has 5 nitrogen and oxygen atoms in total. The van der Waals surface area contributed by atoms with Gasteiger partial charge in [0.05, 0.1) is 5.69 Å². The summed E-state index contributed by atoms with van der Waals surface area (Å²) in [5, 5.41) is 10.3. The highest BCUT2D eigenvalue weighted by Crippen LogP contribution is 2.33. The Morgan fingerprint density at radius 3 is 2.52 bits per heavy atom. The van der Waals surface area contributed by atoms with Crippen LogP contribution in [0.5, 0.6) is 0 Å². The monoisotopic (exact) mass is 333 g/mol. The van der Waals surface area contributed by atoms with Crippen molar-refractivity contribution in [3.8, 4) is 11.3 Å². The van der Waals surface area contributed by atoms with Crippen LogP contribution in [0.1, 0.15) is 5.56 Å². The van der Waals surface area contributed by atoms with Crippen molar-refractivity contribution in [2.75, 3.05) is 38.1 Å². The minimum absolute atomic E-state index is 0.783. The molecule has 128 valence electrons. The van der Waals surface area contributed by atoms with E-state index in [1.54, 1.807) is 0 Å². The van der Waals surface area contributed by atoms with Crippen molar-refractivity contribution in [2.45, 2.75) is 6.92 Å². The number of benzene rings is 1. The molecule has 2 saturated heterocycles. The average molecular weight is 333 g/mol. The van der Waals surface area contributed by atoms with Gasteiger partial charge < -0.3 is 14.8 Å². The van der Waals surface area contributed by atoms with Crippen LogP contribution in [-0.2, 0) is 0 Å². The first-order valence-corrected chi connectivity index (χ1v) is 9.03. The van der Waals surface area contributed by atoms with Gasteiger partial charge in [-0.2, -0.15) is 0 Å². The lowest BCUT2D eigenvalue weighted by atomic mass is 10.0. The third-order valence-electron chi connectivity index (χ3n) is 5.83. The second kappa shape index (κ2) is 5.56. The van der Waals surface area contributed by atoms with E-state index >= 15 is 0 Å². The zero-order valence-corrected chi connectivity index (χ0v) is 14.7. The van der Waals surface area contributed by atoms with Crippen LogP contribution >= 0.6 is 0 Å². The number of hydrogen-bond donors (Lipinski definition) is 1. The fourth-order valence-corrected chi connectivity index (χ4v) is 4.48. The van der Waals surface area contributed by atoms with Crippen LogP contribution in [0, 0.1) is 18.8 Å². The van der Waals surface area contributed by atoms with Crippen molar-refractivity contribution in [2.24, 2.45) is 11.8 Å². The lowest BCUT2D eigenvalue weighted by Gasteiger charge is -2.19. The molecule has 0 radical (unpaired) electrons. The quantitative estimate of drug-likeness (QED) is 0.783. The van der Waals surface area contributed by atoms with E-state index in [0.29, 0.717) is 0 Å². The molecule has 2 aromatic heterocycles. The first-order chi connectivity index (χ1) is 12.2. The molecule has 2 fully saturated rings. The highest BCUT2D eigenvalue weighted by Gasteiger charge is 2.39. The van der Waals surface area contributed by atoms with Crippen LogP contribution < -0.4 is 4.90 Å². The number of aromatic nitrogens is 3. The molecule has 2 unspecified atom stereocenters. The second-order valence-corrected chi connectivity index (χ2v) is 7.66. The van der Waals surface area contributed by atoms with Crippen molar-refractivity contribution in [1.29, 1.82) is 0 Å². The molecule has 1 aromatic carbocycles. The molecule has 3 aromatic rings. The number of likely N-dealkylation sites (tertiary alicyclic amines) is 1. The number of aromatic amines is 1. The molecule has 0 aliphatic carbocycles. The number of hydrogen-bond acceptors (Lipinski definition) is 4. The number of H-pyrrole nitrogens is 1. The Bertz CT molecular complexity index is 899. The van der Waals surface area contributed by atoms with E-state index in [0.717, 1.165) is 42.0 Å². The Labute approximate surface area is 147 Å². The van der Waals surface area contributed by atoms with Gasteiger partial charge in [0.2, 0.25) is 0 Å². The van der Waals surface area contributed by atoms with Gasteiger partial charge in [-0.3, -0.25) is 0 Å². The molecule has 5 rings (SSSR count). The molecule has 0 spiro atoms. The number of fused-ring (bicyclic) bond motifs is 2. The maximum Gasteiger partial charge on any atom is 0.151 e. The molecule has 5 heteroatoms. The SMILES string of the molecule is Cc1c[nH]c2ccc(-c3ccc(N4CC5CN(C)CC5C4)nn3)cc12. The summed E-state index contributed by atoms with van der Waals surface area (Å²) in [4.78, 5) is 8.14. The standard InChI is InChI=1S/C20H23N5/c1-13-8-21-19-4-3-14(7-17(13)19)18-5-6-20(23-22-18)25-11-15-9-24(2)10-16(15)12-25/h3-8,15-16,21H,9-12H2,1-2H3. The van der Waals surface area contributed by atoms with Crippen LogP contribution in [0.4, 0.5) is 5.82 Å². The summed E-state index contributed by atoms with van der Waals surface area (Å²) in [5.74, 6) is 2.58. The fraction of sp³-hybridized carbons (Fsp3) is 0.400. The van der Waals surface area contributed by atoms with E-state index in [2.05, 4.69) is 69.3 Å². The Morgan fingerprint density at radius 1 is 1.00 bits per heavy atom. The van der Waals surface area contributed by atoms with Gasteiger partial charge in [0.1, 0.15) is 0 Å². The predicted octanol–water partition coefficient (Wildman–Crippen LogP) is 2.93. The van der Waals surface area contributed by atoms with Gasteiger partial charge in [-0.05, 0) is 55.6 Å². The largest absolute Gasteiger partial charge is 0.361 e. The topological polar surface area (TPSA) is 48.1 Å². The van der Waals surface area contributed by atoms with Gasteiger partial charge in [-0.25, -0.2) is 0 Å². The minimum Gasteiger partial charge on any atom is -0.361 e. The van der Waals surface area contributed by atoms with E-state index in [1.807, 2.05) is 6.20 Å². The second-order valence-electron chi connectivity index (χ2n) is 7.66. The van der Waals surface area contributed by atoms with Crippen molar-refractivity contribution in [1.82, 2.24) is 20.1 Å². The molecular weight excluding hydrogens is 310 g/mol. The zero-order chi connectivity index (χ0) is 17.0. The first-order valence-electron chi connectivity index (χ1n) is 9.03. The van der Waals surface area contributed by atoms with Crippen molar-refractivity contribution in [3.63, 3.8) is 0 Å². The Kier molecular flexibility index (Phi) is 3.31. The summed E-state index contributed by atoms with van der Waals surface area (Å²) in [6, 6.07) is 10.7. The van der Waals surface area contributed by atoms with Crippen molar-refractivity contribution in [3.05, 3.63) is 42.1 Å². The highest BCUT2D eigenvalue weighted by molar-refractivity contribution is 5.87. The fourth-order valence-electron chi connectivity index (χ4n) is 4.48. The molecule has 2 atom stereocenters. The molecule has 0 amide bonds. The summed E-state index contributed by atoms with van der Waals surface area (Å²) in [6.45, 7) is 6.76. The van der Waals surface area contributed by atoms with Crippen LogP contribution in [0.25, 0.3) is 22.2 Å². The van der Waals surface area contributed by atoms with E-state index in [9.17, 15) is 0 Å². The normalized spacial score (nSPS) is 23.5. The lowest BCUT2D eigenvalue weighted by molar-refractivity contribution is 0.387. The predicted molar refractivity (Wildman–Crippen MR) is 101 cm³/mol. The summed E-state index contributed by atoms with van der Waals surface area (Å²) in [7, 11) is 2.22. The molecule has 4 heterocycles. The Hall–Kier alpha value is -2.40. The Balaban J connectivity index is 1.39. The average Bonchev–Trinajstić information content (AvgIpc) is 3.28. The molecule has 25 heavy (non-hydrogen) atoms. The van der Waals surface area contributed by atoms with Gasteiger partial charge in [0.25, 0.3) is 0 Å². The van der Waals surface area contributed by atoms with Crippen molar-refractivity contribution >= 4 is 16.7 Å². The number of nitrogens with one attached hydrogen (secondary N) is 1. The van der Waals surface area contributed by atoms with E-state index in [1.165, 1.54) is 29.6 Å². The zero-order valence-electron chi connectivity index (χ0n) is 14.7. The summed E-state index contributed by atoms with van der Waals surface area (Å²) in [5.41, 5.74) is 4.48. The number of rotatable bonds is 2. The van der Waals surface area contributed by atoms with E-state index < -0.39 is 0 Å². The van der Waals surface area contributed by atoms with Crippen LogP contribution in [0.15, 0.2) is 36.5 Å². The summed E-state index contributed by atoms with van der Waals surface area (Å²) < 4.78 is 0. The maximum atomic E-state index is 4.53. The minimum atomic E-state index is 0.783. The molecule has 0 saturated carbocycles. The summed E-state index contributed by atoms with van der Waals surface area (Å²) >= 11 is 0. The van der Waals surface area contributed by atoms with Gasteiger partial charge in [0.15, 0.2) is 5.82 Å². The van der Waals surface area contributed by atoms with E-state index in [-0.39, 0.29) is 0 Å². The maximum absolute atomic E-state index is 4.53. The summed E-state index contributed by atoms with van der Waals surface area (Å²) in [6.07, 6.45) is 2.05.